The van der Waals surface area contributed by atoms with Crippen molar-refractivity contribution in [1.29, 1.82) is 0 Å². The van der Waals surface area contributed by atoms with Crippen LogP contribution in [0.2, 0.25) is 0 Å². The number of rotatable bonds is 4. The van der Waals surface area contributed by atoms with Crippen molar-refractivity contribution < 1.29 is 17.6 Å². The molecule has 1 saturated heterocycles. The van der Waals surface area contributed by atoms with Gasteiger partial charge in [0.25, 0.3) is 0 Å². The second-order valence-electron chi connectivity index (χ2n) is 5.47. The molecule has 1 aliphatic rings. The Bertz CT molecular complexity index is 465. The number of hydrogen-bond donors (Lipinski definition) is 0. The van der Waals surface area contributed by atoms with Crippen molar-refractivity contribution in [3.8, 4) is 0 Å². The number of alkyl halides is 4. The van der Waals surface area contributed by atoms with Crippen molar-refractivity contribution >= 4 is 0 Å². The van der Waals surface area contributed by atoms with Crippen molar-refractivity contribution in [2.75, 3.05) is 39.4 Å². The summed E-state index contributed by atoms with van der Waals surface area (Å²) < 4.78 is 51.5. The zero-order valence-corrected chi connectivity index (χ0v) is 12.1. The Labute approximate surface area is 122 Å². The monoisotopic (exact) mass is 304 g/mol. The summed E-state index contributed by atoms with van der Waals surface area (Å²) in [5, 5.41) is 0. The summed E-state index contributed by atoms with van der Waals surface area (Å²) in [5.74, 6) is 0. The van der Waals surface area contributed by atoms with E-state index in [1.165, 1.54) is 6.07 Å². The molecule has 118 valence electrons. The quantitative estimate of drug-likeness (QED) is 0.789. The molecule has 0 saturated carbocycles. The van der Waals surface area contributed by atoms with E-state index in [1.54, 1.807) is 19.1 Å². The Balaban J connectivity index is 2.04. The van der Waals surface area contributed by atoms with Crippen molar-refractivity contribution in [3.63, 3.8) is 0 Å². The van der Waals surface area contributed by atoms with Crippen LogP contribution >= 0.6 is 0 Å². The number of aryl methyl sites for hydroxylation is 1. The van der Waals surface area contributed by atoms with E-state index in [-0.39, 0.29) is 6.67 Å². The van der Waals surface area contributed by atoms with Crippen molar-refractivity contribution in [1.82, 2.24) is 9.80 Å². The molecule has 0 amide bonds. The minimum absolute atomic E-state index is 0.290. The Hall–Kier alpha value is -1.14. The lowest BCUT2D eigenvalue weighted by atomic mass is 10.0. The van der Waals surface area contributed by atoms with Crippen LogP contribution in [0.5, 0.6) is 0 Å². The van der Waals surface area contributed by atoms with E-state index >= 15 is 0 Å². The van der Waals surface area contributed by atoms with Gasteiger partial charge in [0.05, 0.1) is 5.56 Å². The van der Waals surface area contributed by atoms with Crippen LogP contribution in [0.1, 0.15) is 16.7 Å². The van der Waals surface area contributed by atoms with Gasteiger partial charge in [0, 0.05) is 39.3 Å². The molecule has 0 spiro atoms. The summed E-state index contributed by atoms with van der Waals surface area (Å²) in [6.07, 6.45) is -4.32. The van der Waals surface area contributed by atoms with Crippen LogP contribution in [0.25, 0.3) is 0 Å². The highest BCUT2D eigenvalue weighted by Gasteiger charge is 2.33. The van der Waals surface area contributed by atoms with Crippen LogP contribution in [0.15, 0.2) is 18.2 Å². The first-order valence-corrected chi connectivity index (χ1v) is 7.07. The fourth-order valence-corrected chi connectivity index (χ4v) is 2.62. The Morgan fingerprint density at radius 2 is 1.67 bits per heavy atom. The molecule has 6 heteroatoms. The van der Waals surface area contributed by atoms with E-state index < -0.39 is 11.7 Å². The molecule has 1 aromatic carbocycles. The third-order valence-electron chi connectivity index (χ3n) is 3.83. The first-order chi connectivity index (χ1) is 9.90. The van der Waals surface area contributed by atoms with Gasteiger partial charge >= 0.3 is 6.18 Å². The lowest BCUT2D eigenvalue weighted by molar-refractivity contribution is -0.138. The third-order valence-corrected chi connectivity index (χ3v) is 3.83. The van der Waals surface area contributed by atoms with Crippen molar-refractivity contribution in [3.05, 3.63) is 34.9 Å². The Morgan fingerprint density at radius 3 is 2.24 bits per heavy atom. The predicted octanol–water partition coefficient (Wildman–Crippen LogP) is 3.10. The summed E-state index contributed by atoms with van der Waals surface area (Å²) in [6, 6.07) is 4.48. The molecule has 2 rings (SSSR count). The lowest BCUT2D eigenvalue weighted by Gasteiger charge is -2.34. The van der Waals surface area contributed by atoms with Crippen LogP contribution < -0.4 is 0 Å². The molecular weight excluding hydrogens is 284 g/mol. The molecule has 0 atom stereocenters. The van der Waals surface area contributed by atoms with E-state index in [1.807, 2.05) is 9.80 Å². The Kier molecular flexibility index (Phi) is 5.22. The average molecular weight is 304 g/mol. The summed E-state index contributed by atoms with van der Waals surface area (Å²) in [7, 11) is 0. The molecule has 1 heterocycles. The molecule has 0 radical (unpaired) electrons. The first-order valence-electron chi connectivity index (χ1n) is 7.07. The molecule has 0 N–H and O–H groups in total. The van der Waals surface area contributed by atoms with E-state index in [9.17, 15) is 17.6 Å². The van der Waals surface area contributed by atoms with Gasteiger partial charge in [-0.1, -0.05) is 17.7 Å². The number of benzene rings is 1. The lowest BCUT2D eigenvalue weighted by Crippen LogP contribution is -2.46. The molecule has 0 bridgehead atoms. The molecule has 0 aliphatic carbocycles. The summed E-state index contributed by atoms with van der Waals surface area (Å²) in [6.45, 7) is 4.74. The van der Waals surface area contributed by atoms with Gasteiger partial charge in [-0.15, -0.1) is 0 Å². The molecule has 1 aromatic rings. The third kappa shape index (κ3) is 4.41. The van der Waals surface area contributed by atoms with Gasteiger partial charge < -0.3 is 0 Å². The minimum atomic E-state index is -4.32. The maximum Gasteiger partial charge on any atom is 0.416 e. The highest BCUT2D eigenvalue weighted by atomic mass is 19.4. The zero-order valence-electron chi connectivity index (χ0n) is 12.1. The standard InChI is InChI=1S/C15H20F4N2/c1-12-2-3-13(14(10-12)15(17,18)19)11-21-8-6-20(5-4-16)7-9-21/h2-3,10H,4-9,11H2,1H3. The summed E-state index contributed by atoms with van der Waals surface area (Å²) in [5.41, 5.74) is 0.375. The molecule has 1 aliphatic heterocycles. The summed E-state index contributed by atoms with van der Waals surface area (Å²) in [4.78, 5) is 3.99. The zero-order chi connectivity index (χ0) is 15.5. The second-order valence-corrected chi connectivity index (χ2v) is 5.47. The highest BCUT2D eigenvalue weighted by Crippen LogP contribution is 2.33. The highest BCUT2D eigenvalue weighted by molar-refractivity contribution is 5.33. The summed E-state index contributed by atoms with van der Waals surface area (Å²) >= 11 is 0. The number of halogens is 4. The van der Waals surface area contributed by atoms with E-state index in [4.69, 9.17) is 0 Å². The van der Waals surface area contributed by atoms with Crippen LogP contribution in [-0.2, 0) is 12.7 Å². The van der Waals surface area contributed by atoms with Crippen molar-refractivity contribution in [2.24, 2.45) is 0 Å². The van der Waals surface area contributed by atoms with Crippen LogP contribution in [0, 0.1) is 6.92 Å². The maximum atomic E-state index is 13.1. The maximum absolute atomic E-state index is 13.1. The fourth-order valence-electron chi connectivity index (χ4n) is 2.62. The number of piperazine rings is 1. The molecule has 2 nitrogen and oxygen atoms in total. The molecular formula is C15H20F4N2. The average Bonchev–Trinajstić information content (AvgIpc) is 2.42. The van der Waals surface area contributed by atoms with Gasteiger partial charge in [0.1, 0.15) is 6.67 Å². The van der Waals surface area contributed by atoms with Gasteiger partial charge in [0.2, 0.25) is 0 Å². The van der Waals surface area contributed by atoms with Gasteiger partial charge in [-0.2, -0.15) is 13.2 Å². The van der Waals surface area contributed by atoms with Gasteiger partial charge in [-0.25, -0.2) is 4.39 Å². The van der Waals surface area contributed by atoms with Crippen LogP contribution in [-0.4, -0.2) is 49.2 Å². The van der Waals surface area contributed by atoms with Crippen molar-refractivity contribution in [2.45, 2.75) is 19.6 Å². The second kappa shape index (κ2) is 6.75. The molecule has 0 unspecified atom stereocenters. The SMILES string of the molecule is Cc1ccc(CN2CCN(CCF)CC2)c(C(F)(F)F)c1. The van der Waals surface area contributed by atoms with Gasteiger partial charge in [-0.05, 0) is 18.6 Å². The fraction of sp³-hybridized carbons (Fsp3) is 0.600. The predicted molar refractivity (Wildman–Crippen MR) is 73.9 cm³/mol. The van der Waals surface area contributed by atoms with Crippen LogP contribution in [0.4, 0.5) is 17.6 Å². The van der Waals surface area contributed by atoms with E-state index in [0.29, 0.717) is 50.4 Å². The molecule has 21 heavy (non-hydrogen) atoms. The minimum Gasteiger partial charge on any atom is -0.298 e. The topological polar surface area (TPSA) is 6.48 Å². The Morgan fingerprint density at radius 1 is 1.05 bits per heavy atom. The van der Waals surface area contributed by atoms with E-state index in [0.717, 1.165) is 0 Å². The largest absolute Gasteiger partial charge is 0.416 e. The van der Waals surface area contributed by atoms with Crippen LogP contribution in [0.3, 0.4) is 0 Å². The normalized spacial score (nSPS) is 18.1. The van der Waals surface area contributed by atoms with E-state index in [2.05, 4.69) is 0 Å². The first kappa shape index (κ1) is 16.2. The molecule has 1 fully saturated rings. The van der Waals surface area contributed by atoms with Gasteiger partial charge in [0.15, 0.2) is 0 Å². The number of nitrogens with zero attached hydrogens (tertiary/aromatic N) is 2. The molecule has 0 aromatic heterocycles. The number of hydrogen-bond acceptors (Lipinski definition) is 2. The van der Waals surface area contributed by atoms with Gasteiger partial charge in [-0.3, -0.25) is 9.80 Å². The smallest absolute Gasteiger partial charge is 0.298 e.